The van der Waals surface area contributed by atoms with Crippen LogP contribution in [-0.2, 0) is 11.2 Å². The van der Waals surface area contributed by atoms with Crippen LogP contribution >= 0.6 is 12.6 Å². The molecule has 1 atom stereocenters. The van der Waals surface area contributed by atoms with Crippen LogP contribution in [0.1, 0.15) is 63.4 Å². The molecule has 164 valence electrons. The van der Waals surface area contributed by atoms with Gasteiger partial charge < -0.3 is 10.1 Å². The van der Waals surface area contributed by atoms with Crippen LogP contribution in [0, 0.1) is 0 Å². The zero-order chi connectivity index (χ0) is 21.3. The molecule has 30 heavy (non-hydrogen) atoms. The molecule has 1 amide bonds. The lowest BCUT2D eigenvalue weighted by Gasteiger charge is -2.16. The Morgan fingerprint density at radius 2 is 1.37 bits per heavy atom. The van der Waals surface area contributed by atoms with E-state index in [1.54, 1.807) is 0 Å². The molecular weight excluding hydrogens is 390 g/mol. The van der Waals surface area contributed by atoms with Crippen molar-refractivity contribution in [3.8, 4) is 5.75 Å². The van der Waals surface area contributed by atoms with E-state index < -0.39 is 0 Å². The molecule has 0 spiro atoms. The number of nitrogens with one attached hydrogen (secondary N) is 1. The largest absolute Gasteiger partial charge is 0.494 e. The predicted molar refractivity (Wildman–Crippen MR) is 129 cm³/mol. The number of hydrogen-bond donors (Lipinski definition) is 2. The number of thiol groups is 1. The van der Waals surface area contributed by atoms with Gasteiger partial charge in [-0.05, 0) is 37.0 Å². The highest BCUT2D eigenvalue weighted by molar-refractivity contribution is 7.80. The smallest absolute Gasteiger partial charge is 0.220 e. The maximum absolute atomic E-state index is 12.2. The summed E-state index contributed by atoms with van der Waals surface area (Å²) in [5.41, 5.74) is 1.24. The number of amides is 1. The number of hydrogen-bond acceptors (Lipinski definition) is 3. The Morgan fingerprint density at radius 3 is 2.00 bits per heavy atom. The fraction of sp³-hybridized carbons (Fsp3) is 0.500. The van der Waals surface area contributed by atoms with Gasteiger partial charge in [0, 0.05) is 18.2 Å². The second kappa shape index (κ2) is 15.8. The van der Waals surface area contributed by atoms with E-state index in [4.69, 9.17) is 4.74 Å². The number of carbonyl (C=O) groups excluding carboxylic acids is 1. The van der Waals surface area contributed by atoms with E-state index in [2.05, 4.69) is 30.1 Å². The lowest BCUT2D eigenvalue weighted by molar-refractivity contribution is -0.121. The van der Waals surface area contributed by atoms with Crippen molar-refractivity contribution in [2.45, 2.75) is 70.3 Å². The third-order valence-electron chi connectivity index (χ3n) is 5.22. The minimum atomic E-state index is 0.106. The Bertz CT molecular complexity index is 678. The molecule has 1 unspecified atom stereocenters. The fourth-order valence-electron chi connectivity index (χ4n) is 3.51. The summed E-state index contributed by atoms with van der Waals surface area (Å²) >= 11 is 4.39. The number of para-hydroxylation sites is 1. The van der Waals surface area contributed by atoms with E-state index in [1.165, 1.54) is 37.7 Å². The lowest BCUT2D eigenvalue weighted by atomic mass is 10.1. The van der Waals surface area contributed by atoms with Crippen LogP contribution in [0.15, 0.2) is 60.7 Å². The number of benzene rings is 2. The summed E-state index contributed by atoms with van der Waals surface area (Å²) in [7, 11) is 0. The molecule has 0 aliphatic heterocycles. The molecule has 4 heteroatoms. The average molecular weight is 428 g/mol. The molecule has 0 heterocycles. The molecule has 2 aromatic carbocycles. The molecule has 0 radical (unpaired) electrons. The molecule has 1 N–H and O–H groups in total. The summed E-state index contributed by atoms with van der Waals surface area (Å²) < 4.78 is 5.71. The van der Waals surface area contributed by atoms with Gasteiger partial charge in [0.25, 0.3) is 0 Å². The summed E-state index contributed by atoms with van der Waals surface area (Å²) in [5, 5.41) is 3.13. The Balaban J connectivity index is 1.40. The van der Waals surface area contributed by atoms with E-state index in [1.807, 2.05) is 48.5 Å². The molecule has 3 nitrogen and oxygen atoms in total. The summed E-state index contributed by atoms with van der Waals surface area (Å²) in [5.74, 6) is 1.78. The van der Waals surface area contributed by atoms with Gasteiger partial charge in [0.15, 0.2) is 0 Å². The van der Waals surface area contributed by atoms with Gasteiger partial charge in [0.05, 0.1) is 6.61 Å². The minimum absolute atomic E-state index is 0.106. The van der Waals surface area contributed by atoms with Gasteiger partial charge in [0.2, 0.25) is 5.91 Å². The standard InChI is InChI=1S/C26H37NO2S/c28-26(27-24(22-30)21-23-15-9-7-10-16-23)19-13-5-3-1-2-4-6-14-20-29-25-17-11-8-12-18-25/h7-12,15-18,24,30H,1-6,13-14,19-22H2,(H,27,28). The lowest BCUT2D eigenvalue weighted by Crippen LogP contribution is -2.37. The number of carbonyl (C=O) groups is 1. The molecule has 0 aromatic heterocycles. The molecule has 2 rings (SSSR count). The van der Waals surface area contributed by atoms with Crippen LogP contribution < -0.4 is 10.1 Å². The van der Waals surface area contributed by atoms with Crippen LogP contribution in [0.3, 0.4) is 0 Å². The first-order valence-corrected chi connectivity index (χ1v) is 12.0. The quantitative estimate of drug-likeness (QED) is 0.246. The topological polar surface area (TPSA) is 38.3 Å². The SMILES string of the molecule is O=C(CCCCCCCCCCOc1ccccc1)NC(CS)Cc1ccccc1. The third-order valence-corrected chi connectivity index (χ3v) is 5.66. The average Bonchev–Trinajstić information content (AvgIpc) is 2.78. The van der Waals surface area contributed by atoms with Crippen molar-refractivity contribution < 1.29 is 9.53 Å². The van der Waals surface area contributed by atoms with Crippen molar-refractivity contribution in [1.29, 1.82) is 0 Å². The van der Waals surface area contributed by atoms with Gasteiger partial charge in [-0.3, -0.25) is 4.79 Å². The summed E-state index contributed by atoms with van der Waals surface area (Å²) in [4.78, 5) is 12.2. The van der Waals surface area contributed by atoms with Gasteiger partial charge in [-0.1, -0.05) is 87.1 Å². The maximum Gasteiger partial charge on any atom is 0.220 e. The van der Waals surface area contributed by atoms with E-state index >= 15 is 0 Å². The Labute approximate surface area is 188 Å². The molecule has 0 aliphatic carbocycles. The Morgan fingerprint density at radius 1 is 0.800 bits per heavy atom. The maximum atomic E-state index is 12.2. The van der Waals surface area contributed by atoms with Crippen molar-refractivity contribution in [3.05, 3.63) is 66.2 Å². The molecule has 0 saturated carbocycles. The van der Waals surface area contributed by atoms with Gasteiger partial charge in [-0.15, -0.1) is 0 Å². The van der Waals surface area contributed by atoms with Gasteiger partial charge in [-0.25, -0.2) is 0 Å². The first-order chi connectivity index (χ1) is 14.8. The first-order valence-electron chi connectivity index (χ1n) is 11.4. The normalized spacial score (nSPS) is 11.8. The van der Waals surface area contributed by atoms with Crippen LogP contribution in [0.2, 0.25) is 0 Å². The van der Waals surface area contributed by atoms with E-state index in [0.717, 1.165) is 38.0 Å². The molecule has 0 saturated heterocycles. The zero-order valence-electron chi connectivity index (χ0n) is 18.1. The monoisotopic (exact) mass is 427 g/mol. The first kappa shape index (κ1) is 24.3. The van der Waals surface area contributed by atoms with Crippen LogP contribution in [0.25, 0.3) is 0 Å². The second-order valence-electron chi connectivity index (χ2n) is 7.88. The third kappa shape index (κ3) is 11.3. The number of rotatable bonds is 16. The zero-order valence-corrected chi connectivity index (χ0v) is 19.0. The Kier molecular flexibility index (Phi) is 12.8. The summed E-state index contributed by atoms with van der Waals surface area (Å²) in [6, 6.07) is 20.4. The van der Waals surface area contributed by atoms with E-state index in [9.17, 15) is 4.79 Å². The van der Waals surface area contributed by atoms with Crippen LogP contribution in [0.5, 0.6) is 5.75 Å². The van der Waals surface area contributed by atoms with E-state index in [0.29, 0.717) is 12.2 Å². The Hall–Kier alpha value is -1.94. The predicted octanol–water partition coefficient (Wildman–Crippen LogP) is 6.23. The molecule has 2 aromatic rings. The van der Waals surface area contributed by atoms with Gasteiger partial charge in [-0.2, -0.15) is 12.6 Å². The summed E-state index contributed by atoms with van der Waals surface area (Å²) in [6.07, 6.45) is 10.9. The van der Waals surface area contributed by atoms with Crippen molar-refractivity contribution in [2.24, 2.45) is 0 Å². The number of unbranched alkanes of at least 4 members (excludes halogenated alkanes) is 7. The van der Waals surface area contributed by atoms with Crippen molar-refractivity contribution in [3.63, 3.8) is 0 Å². The highest BCUT2D eigenvalue weighted by Gasteiger charge is 2.11. The molecule has 0 aliphatic rings. The number of ether oxygens (including phenoxy) is 1. The summed E-state index contributed by atoms with van der Waals surface area (Å²) in [6.45, 7) is 0.802. The van der Waals surface area contributed by atoms with Gasteiger partial charge >= 0.3 is 0 Å². The highest BCUT2D eigenvalue weighted by Crippen LogP contribution is 2.12. The van der Waals surface area contributed by atoms with E-state index in [-0.39, 0.29) is 11.9 Å². The molecular formula is C26H37NO2S. The highest BCUT2D eigenvalue weighted by atomic mass is 32.1. The van der Waals surface area contributed by atoms with Crippen molar-refractivity contribution >= 4 is 18.5 Å². The minimum Gasteiger partial charge on any atom is -0.494 e. The van der Waals surface area contributed by atoms with Crippen molar-refractivity contribution in [2.75, 3.05) is 12.4 Å². The van der Waals surface area contributed by atoms with Crippen LogP contribution in [0.4, 0.5) is 0 Å². The second-order valence-corrected chi connectivity index (χ2v) is 8.24. The molecule has 0 bridgehead atoms. The fourth-order valence-corrected chi connectivity index (χ4v) is 3.74. The molecule has 0 fully saturated rings. The van der Waals surface area contributed by atoms with Crippen molar-refractivity contribution in [1.82, 2.24) is 5.32 Å². The van der Waals surface area contributed by atoms with Gasteiger partial charge in [0.1, 0.15) is 5.75 Å². The van der Waals surface area contributed by atoms with Crippen LogP contribution in [-0.4, -0.2) is 24.3 Å².